The molecule has 9 nitrogen and oxygen atoms in total. The fourth-order valence-corrected chi connectivity index (χ4v) is 3.17. The van der Waals surface area contributed by atoms with Crippen LogP contribution in [0.5, 0.6) is 0 Å². The van der Waals surface area contributed by atoms with E-state index in [1.807, 2.05) is 6.92 Å². The molecule has 3 atom stereocenters. The number of aromatic nitrogens is 2. The average Bonchev–Trinajstić information content (AvgIpc) is 3.23. The first-order chi connectivity index (χ1) is 11.9. The predicted molar refractivity (Wildman–Crippen MR) is 89.3 cm³/mol. The van der Waals surface area contributed by atoms with Crippen LogP contribution in [0, 0.1) is 0 Å². The van der Waals surface area contributed by atoms with Crippen LogP contribution in [-0.4, -0.2) is 62.8 Å². The number of aliphatic hydroxyl groups is 1. The number of amides is 2. The summed E-state index contributed by atoms with van der Waals surface area (Å²) < 4.78 is 4.99. The van der Waals surface area contributed by atoms with Crippen molar-refractivity contribution in [3.8, 4) is 0 Å². The molecule has 1 aromatic rings. The lowest BCUT2D eigenvalue weighted by atomic mass is 9.97. The van der Waals surface area contributed by atoms with Crippen molar-refractivity contribution in [2.45, 2.75) is 64.3 Å². The second-order valence-corrected chi connectivity index (χ2v) is 6.70. The van der Waals surface area contributed by atoms with Gasteiger partial charge in [0.15, 0.2) is 0 Å². The van der Waals surface area contributed by atoms with E-state index in [0.29, 0.717) is 6.54 Å². The molecule has 9 heteroatoms. The van der Waals surface area contributed by atoms with Gasteiger partial charge in [-0.3, -0.25) is 9.59 Å². The fraction of sp³-hybridized carbons (Fsp3) is 0.750. The zero-order valence-corrected chi connectivity index (χ0v) is 15.0. The zero-order valence-electron chi connectivity index (χ0n) is 15.0. The maximum absolute atomic E-state index is 12.6. The van der Waals surface area contributed by atoms with Gasteiger partial charge in [-0.05, 0) is 33.2 Å². The van der Waals surface area contributed by atoms with Crippen LogP contribution in [0.3, 0.4) is 0 Å². The number of carbonyl (C=O) groups excluding carboxylic acids is 2. The number of rotatable bonds is 8. The maximum atomic E-state index is 12.6. The molecule has 0 spiro atoms. The molecule has 1 aliphatic rings. The number of nitrogens with one attached hydrogen (secondary N) is 2. The van der Waals surface area contributed by atoms with E-state index in [4.69, 9.17) is 4.42 Å². The molecule has 3 N–H and O–H groups in total. The van der Waals surface area contributed by atoms with Gasteiger partial charge in [-0.15, -0.1) is 10.2 Å². The van der Waals surface area contributed by atoms with Crippen molar-refractivity contribution in [1.82, 2.24) is 25.7 Å². The van der Waals surface area contributed by atoms with Crippen LogP contribution in [0.2, 0.25) is 0 Å². The van der Waals surface area contributed by atoms with Gasteiger partial charge >= 0.3 is 0 Å². The first-order valence-electron chi connectivity index (χ1n) is 8.61. The summed E-state index contributed by atoms with van der Waals surface area (Å²) in [5.74, 6) is -0.360. The summed E-state index contributed by atoms with van der Waals surface area (Å²) in [6, 6.07) is -0.977. The van der Waals surface area contributed by atoms with Crippen LogP contribution in [0.4, 0.5) is 0 Å². The summed E-state index contributed by atoms with van der Waals surface area (Å²) in [5, 5.41) is 23.5. The van der Waals surface area contributed by atoms with Crippen molar-refractivity contribution in [3.05, 3.63) is 12.3 Å². The van der Waals surface area contributed by atoms with E-state index in [-0.39, 0.29) is 30.3 Å². The molecule has 0 aliphatic carbocycles. The number of carbonyl (C=O) groups is 2. The highest BCUT2D eigenvalue weighted by molar-refractivity contribution is 5.88. The molecule has 2 rings (SSSR count). The number of hydrogen-bond acceptors (Lipinski definition) is 7. The summed E-state index contributed by atoms with van der Waals surface area (Å²) in [6.07, 6.45) is 2.36. The van der Waals surface area contributed by atoms with E-state index < -0.39 is 18.1 Å². The molecular weight excluding hydrogens is 326 g/mol. The fourth-order valence-electron chi connectivity index (χ4n) is 3.17. The van der Waals surface area contributed by atoms with Crippen molar-refractivity contribution >= 4 is 11.8 Å². The van der Waals surface area contributed by atoms with Crippen molar-refractivity contribution in [2.75, 3.05) is 13.1 Å². The summed E-state index contributed by atoms with van der Waals surface area (Å²) >= 11 is 0. The van der Waals surface area contributed by atoms with Crippen molar-refractivity contribution in [3.63, 3.8) is 0 Å². The van der Waals surface area contributed by atoms with Gasteiger partial charge in [0.05, 0.1) is 12.6 Å². The van der Waals surface area contributed by atoms with Gasteiger partial charge in [0.2, 0.25) is 24.1 Å². The summed E-state index contributed by atoms with van der Waals surface area (Å²) in [7, 11) is 0. The van der Waals surface area contributed by atoms with Crippen molar-refractivity contribution in [1.29, 1.82) is 0 Å². The number of nitrogens with zero attached hydrogens (tertiary/aromatic N) is 3. The molecule has 0 radical (unpaired) electrons. The zero-order chi connectivity index (χ0) is 18.4. The Morgan fingerprint density at radius 3 is 2.84 bits per heavy atom. The molecule has 0 bridgehead atoms. The molecule has 0 saturated carbocycles. The normalized spacial score (nSPS) is 22.4. The Hall–Kier alpha value is -2.00. The van der Waals surface area contributed by atoms with Crippen LogP contribution >= 0.6 is 0 Å². The maximum Gasteiger partial charge on any atom is 0.245 e. The molecule has 1 aliphatic heterocycles. The largest absolute Gasteiger partial charge is 0.426 e. The van der Waals surface area contributed by atoms with Gasteiger partial charge in [0.25, 0.3) is 0 Å². The van der Waals surface area contributed by atoms with Crippen LogP contribution in [-0.2, 0) is 16.1 Å². The van der Waals surface area contributed by atoms with Gasteiger partial charge in [0, 0.05) is 18.5 Å². The van der Waals surface area contributed by atoms with E-state index in [9.17, 15) is 14.7 Å². The monoisotopic (exact) mass is 353 g/mol. The average molecular weight is 353 g/mol. The van der Waals surface area contributed by atoms with Crippen LogP contribution in [0.15, 0.2) is 10.8 Å². The Morgan fingerprint density at radius 2 is 2.32 bits per heavy atom. The van der Waals surface area contributed by atoms with Crippen LogP contribution in [0.1, 0.15) is 45.9 Å². The highest BCUT2D eigenvalue weighted by Gasteiger charge is 2.39. The van der Waals surface area contributed by atoms with Crippen LogP contribution < -0.4 is 10.6 Å². The van der Waals surface area contributed by atoms with E-state index >= 15 is 0 Å². The molecule has 1 unspecified atom stereocenters. The quantitative estimate of drug-likeness (QED) is 0.592. The lowest BCUT2D eigenvalue weighted by Gasteiger charge is -2.38. The molecule has 1 fully saturated rings. The highest BCUT2D eigenvalue weighted by Crippen LogP contribution is 2.22. The summed E-state index contributed by atoms with van der Waals surface area (Å²) in [4.78, 5) is 26.6. The molecular formula is C16H27N5O4. The molecule has 1 aromatic heterocycles. The smallest absolute Gasteiger partial charge is 0.245 e. The highest BCUT2D eigenvalue weighted by atomic mass is 16.4. The first kappa shape index (κ1) is 19.3. The van der Waals surface area contributed by atoms with E-state index in [1.165, 1.54) is 18.2 Å². The van der Waals surface area contributed by atoms with Crippen LogP contribution in [0.25, 0.3) is 0 Å². The topological polar surface area (TPSA) is 121 Å². The minimum atomic E-state index is -1.01. The van der Waals surface area contributed by atoms with E-state index in [1.54, 1.807) is 6.92 Å². The third kappa shape index (κ3) is 4.99. The molecule has 1 saturated heterocycles. The Bertz CT molecular complexity index is 569. The number of aliphatic hydroxyl groups excluding tert-OH is 1. The van der Waals surface area contributed by atoms with Gasteiger partial charge in [0.1, 0.15) is 6.04 Å². The molecule has 2 heterocycles. The van der Waals surface area contributed by atoms with Crippen molar-refractivity contribution < 1.29 is 19.1 Å². The third-order valence-electron chi connectivity index (χ3n) is 4.48. The SMILES string of the molecule is CCC(=O)N(CC1(C)CCCN1)[C@H](C(=O)NCc1nnco1)[C@@H](C)O. The molecule has 25 heavy (non-hydrogen) atoms. The minimum absolute atomic E-state index is 0.0473. The Balaban J connectivity index is 2.13. The molecule has 2 amide bonds. The number of hydrogen-bond donors (Lipinski definition) is 3. The first-order valence-corrected chi connectivity index (χ1v) is 8.61. The molecule has 140 valence electrons. The third-order valence-corrected chi connectivity index (χ3v) is 4.48. The van der Waals surface area contributed by atoms with E-state index in [0.717, 1.165) is 19.4 Å². The van der Waals surface area contributed by atoms with E-state index in [2.05, 4.69) is 20.8 Å². The van der Waals surface area contributed by atoms with Crippen molar-refractivity contribution in [2.24, 2.45) is 0 Å². The second-order valence-electron chi connectivity index (χ2n) is 6.70. The standard InChI is InChI=1S/C16H27N5O4/c1-4-13(23)21(9-16(3)6-5-7-18-16)14(11(2)22)15(24)17-8-12-20-19-10-25-12/h10-11,14,18,22H,4-9H2,1-3H3,(H,17,24)/t11-,14+,16?/m1/s1. The predicted octanol–water partition coefficient (Wildman–Crippen LogP) is -0.184. The molecule has 0 aromatic carbocycles. The summed E-state index contributed by atoms with van der Waals surface area (Å²) in [5.41, 5.74) is -0.259. The minimum Gasteiger partial charge on any atom is -0.426 e. The Labute approximate surface area is 147 Å². The van der Waals surface area contributed by atoms with Gasteiger partial charge in [-0.25, -0.2) is 0 Å². The lowest BCUT2D eigenvalue weighted by Crippen LogP contribution is -2.59. The Kier molecular flexibility index (Phi) is 6.49. The second kappa shape index (κ2) is 8.39. The summed E-state index contributed by atoms with van der Waals surface area (Å²) in [6.45, 7) is 6.58. The van der Waals surface area contributed by atoms with Gasteiger partial charge < -0.3 is 25.1 Å². The Morgan fingerprint density at radius 1 is 1.56 bits per heavy atom. The lowest BCUT2D eigenvalue weighted by molar-refractivity contribution is -0.145. The van der Waals surface area contributed by atoms with Gasteiger partial charge in [-0.1, -0.05) is 6.92 Å². The van der Waals surface area contributed by atoms with Gasteiger partial charge in [-0.2, -0.15) is 0 Å².